The van der Waals surface area contributed by atoms with Crippen LogP contribution >= 0.6 is 15.9 Å². The molecule has 2 aromatic rings. The number of nitrogens with one attached hydrogen (secondary N) is 1. The lowest BCUT2D eigenvalue weighted by molar-refractivity contribution is -0.385. The molecule has 0 aliphatic heterocycles. The summed E-state index contributed by atoms with van der Waals surface area (Å²) in [6.07, 6.45) is 1.33. The maximum atomic E-state index is 12.0. The summed E-state index contributed by atoms with van der Waals surface area (Å²) in [5.41, 5.74) is 3.31. The van der Waals surface area contributed by atoms with E-state index in [4.69, 9.17) is 4.74 Å². The third kappa shape index (κ3) is 5.39. The summed E-state index contributed by atoms with van der Waals surface area (Å²) >= 11 is 3.37. The second-order valence-corrected chi connectivity index (χ2v) is 5.89. The monoisotopic (exact) mass is 405 g/mol. The highest BCUT2D eigenvalue weighted by Crippen LogP contribution is 2.22. The van der Waals surface area contributed by atoms with Crippen molar-refractivity contribution in [2.75, 3.05) is 6.61 Å². The molecule has 1 N–H and O–H groups in total. The molecule has 0 aliphatic rings. The van der Waals surface area contributed by atoms with E-state index >= 15 is 0 Å². The van der Waals surface area contributed by atoms with Crippen LogP contribution < -0.4 is 10.2 Å². The quantitative estimate of drug-likeness (QED) is 0.433. The van der Waals surface area contributed by atoms with Crippen LogP contribution in [0.1, 0.15) is 18.1 Å². The van der Waals surface area contributed by atoms with Gasteiger partial charge in [-0.25, -0.2) is 5.43 Å². The lowest BCUT2D eigenvalue weighted by atomic mass is 10.1. The Morgan fingerprint density at radius 2 is 2.12 bits per heavy atom. The Morgan fingerprint density at radius 1 is 1.36 bits per heavy atom. The number of nitrogens with zero attached hydrogens (tertiary/aromatic N) is 2. The predicted molar refractivity (Wildman–Crippen MR) is 97.8 cm³/mol. The zero-order chi connectivity index (χ0) is 18.2. The van der Waals surface area contributed by atoms with Crippen LogP contribution in [0.15, 0.2) is 52.0 Å². The molecule has 0 spiro atoms. The van der Waals surface area contributed by atoms with Crippen LogP contribution in [0, 0.1) is 10.1 Å². The first-order chi connectivity index (χ1) is 12.0. The number of carbonyl (C=O) groups is 1. The maximum Gasteiger partial charge on any atom is 0.273 e. The number of nitro benzene ring substituents is 1. The van der Waals surface area contributed by atoms with E-state index in [1.54, 1.807) is 24.3 Å². The molecule has 2 rings (SSSR count). The predicted octanol–water partition coefficient (Wildman–Crippen LogP) is 3.45. The van der Waals surface area contributed by atoms with Crippen LogP contribution in [-0.2, 0) is 11.2 Å². The lowest BCUT2D eigenvalue weighted by Gasteiger charge is -2.07. The molecule has 130 valence electrons. The molecule has 25 heavy (non-hydrogen) atoms. The Bertz CT molecular complexity index is 808. The van der Waals surface area contributed by atoms with Gasteiger partial charge in [0.25, 0.3) is 5.69 Å². The summed E-state index contributed by atoms with van der Waals surface area (Å²) in [5, 5.41) is 14.9. The summed E-state index contributed by atoms with van der Waals surface area (Å²) < 4.78 is 6.34. The number of hydrogen-bond donors (Lipinski definition) is 1. The Hall–Kier alpha value is -2.74. The zero-order valence-electron chi connectivity index (χ0n) is 13.4. The summed E-state index contributed by atoms with van der Waals surface area (Å²) in [6, 6.07) is 11.6. The molecule has 0 heterocycles. The summed E-state index contributed by atoms with van der Waals surface area (Å²) in [5.74, 6) is 0.195. The van der Waals surface area contributed by atoms with Crippen molar-refractivity contribution in [1.82, 2.24) is 5.43 Å². The van der Waals surface area contributed by atoms with E-state index in [9.17, 15) is 14.9 Å². The lowest BCUT2D eigenvalue weighted by Crippen LogP contribution is -2.20. The average Bonchev–Trinajstić information content (AvgIpc) is 2.57. The minimum atomic E-state index is -0.512. The van der Waals surface area contributed by atoms with Gasteiger partial charge in [0.15, 0.2) is 0 Å². The number of hydrazone groups is 1. The summed E-state index contributed by atoms with van der Waals surface area (Å²) in [6.45, 7) is 2.38. The molecule has 0 atom stereocenters. The molecule has 0 fully saturated rings. The molecule has 0 radical (unpaired) electrons. The van der Waals surface area contributed by atoms with Gasteiger partial charge in [0.2, 0.25) is 5.91 Å². The number of carbonyl (C=O) groups excluding carboxylic acids is 1. The van der Waals surface area contributed by atoms with E-state index in [2.05, 4.69) is 26.5 Å². The third-order valence-corrected chi connectivity index (χ3v) is 3.70. The largest absolute Gasteiger partial charge is 0.493 e. The normalized spacial score (nSPS) is 10.6. The number of halogens is 1. The minimum Gasteiger partial charge on any atom is -0.493 e. The molecule has 1 amide bonds. The van der Waals surface area contributed by atoms with E-state index < -0.39 is 10.8 Å². The molecule has 0 unspecified atom stereocenters. The Balaban J connectivity index is 2.04. The Morgan fingerprint density at radius 3 is 2.84 bits per heavy atom. The van der Waals surface area contributed by atoms with Gasteiger partial charge in [-0.2, -0.15) is 5.10 Å². The summed E-state index contributed by atoms with van der Waals surface area (Å²) in [7, 11) is 0. The van der Waals surface area contributed by atoms with Gasteiger partial charge in [-0.15, -0.1) is 0 Å². The van der Waals surface area contributed by atoms with Crippen LogP contribution in [0.3, 0.4) is 0 Å². The highest BCUT2D eigenvalue weighted by atomic mass is 79.9. The van der Waals surface area contributed by atoms with E-state index in [1.807, 2.05) is 19.1 Å². The zero-order valence-corrected chi connectivity index (χ0v) is 15.0. The Kier molecular flexibility index (Phi) is 6.64. The van der Waals surface area contributed by atoms with Crippen LogP contribution in [0.25, 0.3) is 0 Å². The Labute approximate surface area is 153 Å². The van der Waals surface area contributed by atoms with Crippen molar-refractivity contribution >= 4 is 33.7 Å². The van der Waals surface area contributed by atoms with Gasteiger partial charge >= 0.3 is 0 Å². The second kappa shape index (κ2) is 8.93. The molecule has 0 aliphatic carbocycles. The van der Waals surface area contributed by atoms with Crippen LogP contribution in [0.4, 0.5) is 5.69 Å². The first kappa shape index (κ1) is 18.6. The molecule has 0 aromatic heterocycles. The van der Waals surface area contributed by atoms with Gasteiger partial charge in [-0.1, -0.05) is 34.1 Å². The molecular formula is C17H16BrN3O4. The highest BCUT2D eigenvalue weighted by molar-refractivity contribution is 9.10. The van der Waals surface area contributed by atoms with Crippen LogP contribution in [0.2, 0.25) is 0 Å². The molecule has 2 aromatic carbocycles. The number of para-hydroxylation sites is 1. The van der Waals surface area contributed by atoms with Gasteiger partial charge in [-0.3, -0.25) is 14.9 Å². The number of hydrogen-bond acceptors (Lipinski definition) is 5. The SMILES string of the molecule is CCOc1ccc(Br)cc1C=NNC(=O)Cc1ccccc1[N+](=O)[O-]. The van der Waals surface area contributed by atoms with Gasteiger partial charge in [0.1, 0.15) is 5.75 Å². The number of ether oxygens (including phenoxy) is 1. The van der Waals surface area contributed by atoms with E-state index in [0.29, 0.717) is 23.5 Å². The first-order valence-corrected chi connectivity index (χ1v) is 8.27. The average molecular weight is 406 g/mol. The minimum absolute atomic E-state index is 0.0905. The molecular weight excluding hydrogens is 390 g/mol. The molecule has 0 bridgehead atoms. The molecule has 0 saturated carbocycles. The number of rotatable bonds is 7. The van der Waals surface area contributed by atoms with Crippen molar-refractivity contribution in [2.24, 2.45) is 5.10 Å². The van der Waals surface area contributed by atoms with Crippen molar-refractivity contribution in [3.63, 3.8) is 0 Å². The fourth-order valence-corrected chi connectivity index (χ4v) is 2.51. The van der Waals surface area contributed by atoms with Crippen molar-refractivity contribution in [3.05, 3.63) is 68.2 Å². The van der Waals surface area contributed by atoms with Crippen LogP contribution in [0.5, 0.6) is 5.75 Å². The maximum absolute atomic E-state index is 12.0. The van der Waals surface area contributed by atoms with Crippen molar-refractivity contribution < 1.29 is 14.5 Å². The molecule has 7 nitrogen and oxygen atoms in total. The summed E-state index contributed by atoms with van der Waals surface area (Å²) in [4.78, 5) is 22.4. The van der Waals surface area contributed by atoms with Gasteiger partial charge in [0, 0.05) is 21.7 Å². The molecule has 0 saturated heterocycles. The molecule has 8 heteroatoms. The van der Waals surface area contributed by atoms with Crippen molar-refractivity contribution in [3.8, 4) is 5.75 Å². The van der Waals surface area contributed by atoms with Crippen molar-refractivity contribution in [1.29, 1.82) is 0 Å². The van der Waals surface area contributed by atoms with E-state index in [0.717, 1.165) is 4.47 Å². The van der Waals surface area contributed by atoms with Crippen LogP contribution in [-0.4, -0.2) is 23.7 Å². The topological polar surface area (TPSA) is 93.8 Å². The fourth-order valence-electron chi connectivity index (χ4n) is 2.13. The first-order valence-electron chi connectivity index (χ1n) is 7.47. The van der Waals surface area contributed by atoms with Gasteiger partial charge < -0.3 is 4.74 Å². The van der Waals surface area contributed by atoms with Gasteiger partial charge in [0.05, 0.1) is 24.2 Å². The standard InChI is InChI=1S/C17H16BrN3O4/c1-2-25-16-8-7-14(18)9-13(16)11-19-20-17(22)10-12-5-3-4-6-15(12)21(23)24/h3-9,11H,2,10H2,1H3,(H,20,22). The second-order valence-electron chi connectivity index (χ2n) is 4.97. The number of nitro groups is 1. The number of amides is 1. The van der Waals surface area contributed by atoms with E-state index in [1.165, 1.54) is 12.3 Å². The van der Waals surface area contributed by atoms with E-state index in [-0.39, 0.29) is 12.1 Å². The smallest absolute Gasteiger partial charge is 0.273 e. The third-order valence-electron chi connectivity index (χ3n) is 3.20. The highest BCUT2D eigenvalue weighted by Gasteiger charge is 2.15. The number of benzene rings is 2. The van der Waals surface area contributed by atoms with Crippen molar-refractivity contribution in [2.45, 2.75) is 13.3 Å². The van der Waals surface area contributed by atoms with Gasteiger partial charge in [-0.05, 0) is 25.1 Å². The fraction of sp³-hybridized carbons (Fsp3) is 0.176.